The van der Waals surface area contributed by atoms with Crippen LogP contribution in [0.3, 0.4) is 0 Å². The fraction of sp³-hybridized carbons (Fsp3) is 0.407. The van der Waals surface area contributed by atoms with Crippen molar-refractivity contribution in [1.82, 2.24) is 4.90 Å². The highest BCUT2D eigenvalue weighted by Crippen LogP contribution is 2.35. The average molecular weight is 493 g/mol. The summed E-state index contributed by atoms with van der Waals surface area (Å²) < 4.78 is 10.9. The van der Waals surface area contributed by atoms with Gasteiger partial charge >= 0.3 is 0 Å². The fourth-order valence-corrected chi connectivity index (χ4v) is 5.57. The van der Waals surface area contributed by atoms with Gasteiger partial charge in [-0.1, -0.05) is 6.07 Å². The molecule has 2 aromatic rings. The Balaban J connectivity index is 1.33. The van der Waals surface area contributed by atoms with E-state index in [-0.39, 0.29) is 5.91 Å². The number of likely N-dealkylation sites (N-methyl/N-ethyl adjacent to an activating group) is 1. The molecule has 2 aromatic carbocycles. The first-order valence-corrected chi connectivity index (χ1v) is 13.1. The molecular weight excluding hydrogens is 460 g/mol. The van der Waals surface area contributed by atoms with Gasteiger partial charge in [-0.2, -0.15) is 0 Å². The van der Waals surface area contributed by atoms with Gasteiger partial charge in [0, 0.05) is 44.1 Å². The van der Waals surface area contributed by atoms with Crippen molar-refractivity contribution in [2.45, 2.75) is 13.8 Å². The minimum absolute atomic E-state index is 0.0119. The molecule has 0 N–H and O–H groups in total. The van der Waals surface area contributed by atoms with Crippen LogP contribution in [-0.2, 0) is 14.3 Å². The van der Waals surface area contributed by atoms with Crippen molar-refractivity contribution < 1.29 is 14.3 Å². The molecule has 7 nitrogen and oxygen atoms in total. The number of amidine groups is 1. The normalized spacial score (nSPS) is 21.4. The Kier molecular flexibility index (Phi) is 7.41. The van der Waals surface area contributed by atoms with Crippen molar-refractivity contribution >= 4 is 46.0 Å². The predicted molar refractivity (Wildman–Crippen MR) is 144 cm³/mol. The van der Waals surface area contributed by atoms with E-state index in [1.807, 2.05) is 25.1 Å². The lowest BCUT2D eigenvalue weighted by atomic mass is 10.1. The lowest BCUT2D eigenvalue weighted by Crippen LogP contribution is -2.36. The number of carbonyl (C=O) groups is 1. The molecule has 5 rings (SSSR count). The highest BCUT2D eigenvalue weighted by atomic mass is 32.2. The van der Waals surface area contributed by atoms with E-state index in [9.17, 15) is 4.79 Å². The van der Waals surface area contributed by atoms with Crippen LogP contribution in [0.25, 0.3) is 6.08 Å². The molecule has 8 heteroatoms. The molecule has 35 heavy (non-hydrogen) atoms. The minimum atomic E-state index is 0.0119. The van der Waals surface area contributed by atoms with Gasteiger partial charge < -0.3 is 19.3 Å². The molecule has 0 aromatic heterocycles. The zero-order chi connectivity index (χ0) is 24.2. The number of benzene rings is 2. The van der Waals surface area contributed by atoms with Crippen LogP contribution in [-0.4, -0.2) is 75.1 Å². The van der Waals surface area contributed by atoms with E-state index in [4.69, 9.17) is 14.5 Å². The number of carbonyl (C=O) groups excluding carboxylic acids is 1. The van der Waals surface area contributed by atoms with Gasteiger partial charge in [0.05, 0.1) is 37.0 Å². The standard InChI is InChI=1S/C27H32N4O3S/c1-3-31-26(32)25(19-21-4-7-24(18-20(21)2)30-12-16-34-17-13-30)35-27(31)28-22-5-8-23(9-6-22)29-10-14-33-15-11-29/h4-9,18-19H,3,10-17H2,1-2H3/b25-19-,28-27?. The van der Waals surface area contributed by atoms with Gasteiger partial charge in [0.2, 0.25) is 0 Å². The third kappa shape index (κ3) is 5.39. The Labute approximate surface area is 211 Å². The van der Waals surface area contributed by atoms with Gasteiger partial charge in [-0.05, 0) is 79.2 Å². The lowest BCUT2D eigenvalue weighted by molar-refractivity contribution is -0.122. The second-order valence-corrected chi connectivity index (χ2v) is 9.82. The number of hydrogen-bond donors (Lipinski definition) is 0. The Hall–Kier alpha value is -2.81. The van der Waals surface area contributed by atoms with Crippen LogP contribution in [0.4, 0.5) is 17.1 Å². The second-order valence-electron chi connectivity index (χ2n) is 8.81. The molecule has 0 bridgehead atoms. The summed E-state index contributed by atoms with van der Waals surface area (Å²) in [6.07, 6.45) is 2.00. The SMILES string of the molecule is CCN1C(=O)/C(=C/c2ccc(N3CCOCC3)cc2C)SC1=Nc1ccc(N2CCOCC2)cc1. The third-order valence-corrected chi connectivity index (χ3v) is 7.58. The summed E-state index contributed by atoms with van der Waals surface area (Å²) in [6, 6.07) is 14.7. The van der Waals surface area contributed by atoms with Crippen molar-refractivity contribution in [3.8, 4) is 0 Å². The Morgan fingerprint density at radius 1 is 0.914 bits per heavy atom. The van der Waals surface area contributed by atoms with Gasteiger partial charge in [0.1, 0.15) is 0 Å². The minimum Gasteiger partial charge on any atom is -0.378 e. The largest absolute Gasteiger partial charge is 0.378 e. The van der Waals surface area contributed by atoms with E-state index < -0.39 is 0 Å². The van der Waals surface area contributed by atoms with Gasteiger partial charge in [0.25, 0.3) is 5.91 Å². The molecule has 3 aliphatic rings. The number of thioether (sulfide) groups is 1. The summed E-state index contributed by atoms with van der Waals surface area (Å²) in [4.78, 5) is 25.1. The molecule has 0 atom stereocenters. The predicted octanol–water partition coefficient (Wildman–Crippen LogP) is 4.29. The van der Waals surface area contributed by atoms with Gasteiger partial charge in [0.15, 0.2) is 5.17 Å². The molecule has 0 unspecified atom stereocenters. The maximum absolute atomic E-state index is 13.1. The molecule has 3 heterocycles. The first-order valence-electron chi connectivity index (χ1n) is 12.3. The number of aryl methyl sites for hydroxylation is 1. The Morgan fingerprint density at radius 3 is 2.11 bits per heavy atom. The first-order chi connectivity index (χ1) is 17.1. The van der Waals surface area contributed by atoms with Crippen LogP contribution < -0.4 is 9.80 Å². The topological polar surface area (TPSA) is 57.6 Å². The van der Waals surface area contributed by atoms with Crippen molar-refractivity contribution in [2.75, 3.05) is 69.0 Å². The van der Waals surface area contributed by atoms with Crippen molar-refractivity contribution in [2.24, 2.45) is 4.99 Å². The molecule has 184 valence electrons. The zero-order valence-corrected chi connectivity index (χ0v) is 21.2. The molecule has 3 fully saturated rings. The number of amides is 1. The monoisotopic (exact) mass is 492 g/mol. The molecule has 0 aliphatic carbocycles. The van der Waals surface area contributed by atoms with Gasteiger partial charge in [-0.25, -0.2) is 4.99 Å². The molecule has 0 radical (unpaired) electrons. The number of nitrogens with zero attached hydrogens (tertiary/aromatic N) is 4. The number of rotatable bonds is 5. The van der Waals surface area contributed by atoms with Gasteiger partial charge in [-0.15, -0.1) is 0 Å². The van der Waals surface area contributed by atoms with E-state index >= 15 is 0 Å². The highest BCUT2D eigenvalue weighted by molar-refractivity contribution is 8.18. The van der Waals surface area contributed by atoms with E-state index in [1.165, 1.54) is 23.1 Å². The second kappa shape index (κ2) is 10.8. The fourth-order valence-electron chi connectivity index (χ4n) is 4.52. The molecule has 1 amide bonds. The van der Waals surface area contributed by atoms with E-state index in [1.54, 1.807) is 4.90 Å². The van der Waals surface area contributed by atoms with Crippen LogP contribution in [0.5, 0.6) is 0 Å². The summed E-state index contributed by atoms with van der Waals surface area (Å²) in [5.41, 5.74) is 5.45. The Bertz CT molecular complexity index is 1120. The van der Waals surface area contributed by atoms with Crippen molar-refractivity contribution in [3.05, 3.63) is 58.5 Å². The van der Waals surface area contributed by atoms with Gasteiger partial charge in [-0.3, -0.25) is 9.69 Å². The van der Waals surface area contributed by atoms with Crippen LogP contribution in [0.15, 0.2) is 52.4 Å². The van der Waals surface area contributed by atoms with Crippen LogP contribution in [0.1, 0.15) is 18.1 Å². The molecule has 3 aliphatic heterocycles. The maximum atomic E-state index is 13.1. The van der Waals surface area contributed by atoms with E-state index in [0.29, 0.717) is 11.4 Å². The number of ether oxygens (including phenoxy) is 2. The number of hydrogen-bond acceptors (Lipinski definition) is 7. The highest BCUT2D eigenvalue weighted by Gasteiger charge is 2.32. The smallest absolute Gasteiger partial charge is 0.266 e. The van der Waals surface area contributed by atoms with E-state index in [0.717, 1.165) is 74.6 Å². The quantitative estimate of drug-likeness (QED) is 0.581. The summed E-state index contributed by atoms with van der Waals surface area (Å²) in [5, 5.41) is 0.727. The molecular formula is C27H32N4O3S. The van der Waals surface area contributed by atoms with Crippen LogP contribution in [0, 0.1) is 6.92 Å². The zero-order valence-electron chi connectivity index (χ0n) is 20.4. The van der Waals surface area contributed by atoms with Crippen LogP contribution in [0.2, 0.25) is 0 Å². The molecule has 0 saturated carbocycles. The maximum Gasteiger partial charge on any atom is 0.266 e. The van der Waals surface area contributed by atoms with Crippen molar-refractivity contribution in [1.29, 1.82) is 0 Å². The van der Waals surface area contributed by atoms with Crippen LogP contribution >= 0.6 is 11.8 Å². The van der Waals surface area contributed by atoms with Crippen molar-refractivity contribution in [3.63, 3.8) is 0 Å². The molecule has 0 spiro atoms. The summed E-state index contributed by atoms with van der Waals surface area (Å²) >= 11 is 1.45. The number of anilines is 2. The summed E-state index contributed by atoms with van der Waals surface area (Å²) in [5.74, 6) is 0.0119. The Morgan fingerprint density at radius 2 is 1.51 bits per heavy atom. The third-order valence-electron chi connectivity index (χ3n) is 6.57. The molecule has 3 saturated heterocycles. The summed E-state index contributed by atoms with van der Waals surface area (Å²) in [6.45, 7) is 11.4. The number of morpholine rings is 2. The first kappa shape index (κ1) is 23.9. The lowest BCUT2D eigenvalue weighted by Gasteiger charge is -2.29. The summed E-state index contributed by atoms with van der Waals surface area (Å²) in [7, 11) is 0. The number of aliphatic imine (C=N–C) groups is 1. The average Bonchev–Trinajstić information content (AvgIpc) is 3.20. The van der Waals surface area contributed by atoms with E-state index in [2.05, 4.69) is 47.1 Å².